The minimum Gasteiger partial charge on any atom is -0.484 e. The summed E-state index contributed by atoms with van der Waals surface area (Å²) in [5.74, 6) is 1.88. The molecule has 236 valence electrons. The van der Waals surface area contributed by atoms with Gasteiger partial charge in [-0.25, -0.2) is 9.78 Å². The highest BCUT2D eigenvalue weighted by Gasteiger charge is 2.23. The minimum atomic E-state index is -0.354. The van der Waals surface area contributed by atoms with E-state index in [-0.39, 0.29) is 23.8 Å². The van der Waals surface area contributed by atoms with Crippen LogP contribution in [0.25, 0.3) is 34.6 Å². The van der Waals surface area contributed by atoms with E-state index in [1.807, 2.05) is 90.7 Å². The molecule has 0 saturated carbocycles. The summed E-state index contributed by atoms with van der Waals surface area (Å²) in [6.07, 6.45) is 3.68. The summed E-state index contributed by atoms with van der Waals surface area (Å²) in [6, 6.07) is 21.3. The molecule has 0 atom stereocenters. The van der Waals surface area contributed by atoms with E-state index >= 15 is 0 Å². The van der Waals surface area contributed by atoms with Crippen LogP contribution in [0.2, 0.25) is 0 Å². The van der Waals surface area contributed by atoms with Crippen LogP contribution < -0.4 is 20.9 Å². The van der Waals surface area contributed by atoms with Gasteiger partial charge in [0, 0.05) is 51.9 Å². The third kappa shape index (κ3) is 6.06. The van der Waals surface area contributed by atoms with Crippen molar-refractivity contribution in [2.75, 3.05) is 37.7 Å². The Morgan fingerprint density at radius 2 is 1.57 bits per heavy atom. The second-order valence-corrected chi connectivity index (χ2v) is 11.0. The molecule has 0 spiro atoms. The first-order chi connectivity index (χ1) is 22.4. The summed E-state index contributed by atoms with van der Waals surface area (Å²) in [5, 5.41) is 8.79. The smallest absolute Gasteiger partial charge is 0.332 e. The van der Waals surface area contributed by atoms with Crippen LogP contribution in [0.5, 0.6) is 5.75 Å². The van der Waals surface area contributed by atoms with Gasteiger partial charge in [0.1, 0.15) is 11.6 Å². The van der Waals surface area contributed by atoms with Crippen LogP contribution in [0, 0.1) is 0 Å². The van der Waals surface area contributed by atoms with E-state index in [9.17, 15) is 14.4 Å². The third-order valence-electron chi connectivity index (χ3n) is 8.25. The number of rotatable bonds is 9. The lowest BCUT2D eigenvalue weighted by Crippen LogP contribution is -2.50. The Kier molecular flexibility index (Phi) is 8.77. The van der Waals surface area contributed by atoms with Crippen LogP contribution in [0.1, 0.15) is 25.2 Å². The molecule has 1 aliphatic heterocycles. The number of amides is 1. The molecule has 12 heteroatoms. The first-order valence-corrected chi connectivity index (χ1v) is 15.4. The zero-order valence-electron chi connectivity index (χ0n) is 26.2. The van der Waals surface area contributed by atoms with Gasteiger partial charge in [-0.1, -0.05) is 48.5 Å². The van der Waals surface area contributed by atoms with Gasteiger partial charge < -0.3 is 19.1 Å². The number of fused-ring (bicyclic) bond motifs is 1. The van der Waals surface area contributed by atoms with Crippen molar-refractivity contribution in [2.24, 2.45) is 7.05 Å². The fourth-order valence-corrected chi connectivity index (χ4v) is 5.62. The maximum absolute atomic E-state index is 12.9. The second-order valence-electron chi connectivity index (χ2n) is 11.0. The van der Waals surface area contributed by atoms with Crippen molar-refractivity contribution in [1.29, 1.82) is 0 Å². The fourth-order valence-electron chi connectivity index (χ4n) is 5.62. The summed E-state index contributed by atoms with van der Waals surface area (Å²) in [5.41, 5.74) is 2.82. The maximum Gasteiger partial charge on any atom is 0.332 e. The van der Waals surface area contributed by atoms with Gasteiger partial charge in [0.2, 0.25) is 0 Å². The lowest BCUT2D eigenvalue weighted by Gasteiger charge is -2.35. The summed E-state index contributed by atoms with van der Waals surface area (Å²) in [7, 11) is 1.77. The Bertz CT molecular complexity index is 1990. The molecule has 0 N–H and O–H groups in total. The van der Waals surface area contributed by atoms with Crippen molar-refractivity contribution < 1.29 is 9.53 Å². The molecule has 6 rings (SSSR count). The van der Waals surface area contributed by atoms with Crippen LogP contribution >= 0.6 is 0 Å². The van der Waals surface area contributed by atoms with Gasteiger partial charge in [-0.2, -0.15) is 0 Å². The monoisotopic (exact) mass is 620 g/mol. The first kappa shape index (κ1) is 30.5. The van der Waals surface area contributed by atoms with E-state index in [4.69, 9.17) is 4.74 Å². The number of benzene rings is 2. The number of aryl methyl sites for hydroxylation is 2. The second kappa shape index (κ2) is 13.2. The molecule has 0 unspecified atom stereocenters. The topological polar surface area (TPSA) is 120 Å². The number of hydrogen-bond acceptors (Lipinski definition) is 8. The van der Waals surface area contributed by atoms with Gasteiger partial charge in [0.15, 0.2) is 23.6 Å². The van der Waals surface area contributed by atoms with Crippen molar-refractivity contribution in [1.82, 2.24) is 33.8 Å². The summed E-state index contributed by atoms with van der Waals surface area (Å²) in [4.78, 5) is 47.1. The number of anilines is 1. The quantitative estimate of drug-likeness (QED) is 0.246. The highest BCUT2D eigenvalue weighted by atomic mass is 16.5. The molecule has 46 heavy (non-hydrogen) atoms. The molecule has 1 fully saturated rings. The van der Waals surface area contributed by atoms with Crippen LogP contribution in [-0.4, -0.2) is 72.5 Å². The Morgan fingerprint density at radius 1 is 0.848 bits per heavy atom. The van der Waals surface area contributed by atoms with Crippen LogP contribution in [0.4, 0.5) is 5.82 Å². The number of carbonyl (C=O) groups is 1. The highest BCUT2D eigenvalue weighted by Crippen LogP contribution is 2.20. The van der Waals surface area contributed by atoms with Crippen molar-refractivity contribution in [2.45, 2.75) is 26.9 Å². The van der Waals surface area contributed by atoms with E-state index in [1.54, 1.807) is 18.5 Å². The predicted octanol–water partition coefficient (Wildman–Crippen LogP) is 3.29. The Morgan fingerprint density at radius 3 is 2.22 bits per heavy atom. The summed E-state index contributed by atoms with van der Waals surface area (Å²) >= 11 is 0. The van der Waals surface area contributed by atoms with E-state index in [0.29, 0.717) is 62.0 Å². The van der Waals surface area contributed by atoms with Crippen molar-refractivity contribution in [3.63, 3.8) is 0 Å². The zero-order valence-corrected chi connectivity index (χ0v) is 26.2. The zero-order chi connectivity index (χ0) is 32.2. The Hall–Kier alpha value is -5.52. The van der Waals surface area contributed by atoms with Gasteiger partial charge in [0.25, 0.3) is 11.5 Å². The van der Waals surface area contributed by atoms with E-state index in [1.165, 1.54) is 9.13 Å². The summed E-state index contributed by atoms with van der Waals surface area (Å²) < 4.78 is 10.3. The van der Waals surface area contributed by atoms with Gasteiger partial charge >= 0.3 is 5.69 Å². The molecule has 0 radical (unpaired) electrons. The minimum absolute atomic E-state index is 0.0466. The number of ether oxygens (including phenoxy) is 1. The van der Waals surface area contributed by atoms with E-state index < -0.39 is 0 Å². The number of carbonyl (C=O) groups excluding carboxylic acids is 1. The van der Waals surface area contributed by atoms with Gasteiger partial charge in [-0.3, -0.25) is 18.7 Å². The summed E-state index contributed by atoms with van der Waals surface area (Å²) in [6.45, 7) is 6.79. The maximum atomic E-state index is 12.9. The normalized spacial score (nSPS) is 13.5. The lowest BCUT2D eigenvalue weighted by atomic mass is 10.1. The Balaban J connectivity index is 1.03. The molecule has 3 aromatic heterocycles. The molecule has 4 heterocycles. The average Bonchev–Trinajstić information content (AvgIpc) is 3.43. The van der Waals surface area contributed by atoms with Gasteiger partial charge in [-0.15, -0.1) is 10.2 Å². The highest BCUT2D eigenvalue weighted by molar-refractivity contribution is 5.78. The number of aromatic nitrogens is 6. The predicted molar refractivity (Wildman–Crippen MR) is 178 cm³/mol. The van der Waals surface area contributed by atoms with Crippen molar-refractivity contribution in [3.05, 3.63) is 99.0 Å². The molecule has 0 aliphatic carbocycles. The number of piperazine rings is 1. The molecular formula is C34H36N8O4. The average molecular weight is 621 g/mol. The number of nitrogens with zero attached hydrogens (tertiary/aromatic N) is 8. The molecule has 1 amide bonds. The van der Waals surface area contributed by atoms with Crippen molar-refractivity contribution in [3.8, 4) is 17.0 Å². The molecule has 12 nitrogen and oxygen atoms in total. The number of hydrogen-bond donors (Lipinski definition) is 0. The van der Waals surface area contributed by atoms with Gasteiger partial charge in [0.05, 0.1) is 5.69 Å². The van der Waals surface area contributed by atoms with Gasteiger partial charge in [-0.05, 0) is 49.8 Å². The van der Waals surface area contributed by atoms with Crippen molar-refractivity contribution >= 4 is 35.0 Å². The molecule has 1 aliphatic rings. The third-order valence-corrected chi connectivity index (χ3v) is 8.25. The lowest BCUT2D eigenvalue weighted by molar-refractivity contribution is -0.133. The fraction of sp³-hybridized carbons (Fsp3) is 0.294. The Labute approximate surface area is 265 Å². The van der Waals surface area contributed by atoms with Crippen LogP contribution in [-0.2, 0) is 24.9 Å². The van der Waals surface area contributed by atoms with E-state index in [2.05, 4.69) is 20.1 Å². The molecule has 0 bridgehead atoms. The first-order valence-electron chi connectivity index (χ1n) is 15.4. The largest absolute Gasteiger partial charge is 0.484 e. The molecular weight excluding hydrogens is 584 g/mol. The van der Waals surface area contributed by atoms with Crippen LogP contribution in [0.15, 0.2) is 76.3 Å². The molecule has 5 aromatic rings. The SMILES string of the molecule is CCn1c(=O)c2c(nc(C=Cc3ccc(OCC(=O)N4CCN(c5ccc(-c6ccccc6)nn5)CC4)cc3)n2C)n(CC)c1=O. The van der Waals surface area contributed by atoms with E-state index in [0.717, 1.165) is 22.6 Å². The standard InChI is InChI=1S/C34H36N8O4/c1-4-41-32-31(33(44)42(5-2)34(41)45)38(3)28(35-32)17-13-24-11-14-26(15-12-24)46-23-30(43)40-21-19-39(20-22-40)29-18-16-27(36-37-29)25-9-7-6-8-10-25/h6-18H,4-5,19-23H2,1-3H3. The molecule has 1 saturated heterocycles. The van der Waals surface area contributed by atoms with Crippen LogP contribution in [0.3, 0.4) is 0 Å². The number of imidazole rings is 1. The molecule has 2 aromatic carbocycles.